The summed E-state index contributed by atoms with van der Waals surface area (Å²) in [6, 6.07) is 4.58. The number of alkyl halides is 2. The summed E-state index contributed by atoms with van der Waals surface area (Å²) in [4.78, 5) is 0. The normalized spacial score (nSPS) is 11.8. The standard InChI is InChI=1S/C13H16Cl3F/c1-2-5-13(8-14,9-15)7-10-6-11(16)3-4-12(10)17/h3-4,6H,2,5,7-9H2,1H3. The molecule has 1 aromatic carbocycles. The highest BCUT2D eigenvalue weighted by atomic mass is 35.5. The van der Waals surface area contributed by atoms with Crippen molar-refractivity contribution in [3.8, 4) is 0 Å². The van der Waals surface area contributed by atoms with Crippen molar-refractivity contribution in [1.82, 2.24) is 0 Å². The molecule has 0 spiro atoms. The second-order valence-electron chi connectivity index (χ2n) is 4.43. The molecule has 0 atom stereocenters. The van der Waals surface area contributed by atoms with Crippen LogP contribution in [0.3, 0.4) is 0 Å². The van der Waals surface area contributed by atoms with Gasteiger partial charge in [0.05, 0.1) is 0 Å². The Morgan fingerprint density at radius 3 is 2.41 bits per heavy atom. The lowest BCUT2D eigenvalue weighted by molar-refractivity contribution is 0.336. The van der Waals surface area contributed by atoms with E-state index in [9.17, 15) is 4.39 Å². The van der Waals surface area contributed by atoms with Gasteiger partial charge < -0.3 is 0 Å². The summed E-state index contributed by atoms with van der Waals surface area (Å²) in [6.07, 6.45) is 2.38. The quantitative estimate of drug-likeness (QED) is 0.626. The van der Waals surface area contributed by atoms with Gasteiger partial charge in [0, 0.05) is 22.2 Å². The Balaban J connectivity index is 2.96. The highest BCUT2D eigenvalue weighted by Gasteiger charge is 2.29. The average molecular weight is 298 g/mol. The molecule has 0 unspecified atom stereocenters. The molecule has 4 heteroatoms. The minimum Gasteiger partial charge on any atom is -0.207 e. The van der Waals surface area contributed by atoms with Crippen LogP contribution in [0, 0.1) is 11.2 Å². The molecule has 0 saturated heterocycles. The predicted octanol–water partition coefficient (Wildman–Crippen LogP) is 5.29. The molecule has 0 heterocycles. The third kappa shape index (κ3) is 4.01. The molecule has 0 aliphatic heterocycles. The number of hydrogen-bond donors (Lipinski definition) is 0. The predicted molar refractivity (Wildman–Crippen MR) is 73.9 cm³/mol. The maximum atomic E-state index is 13.7. The zero-order chi connectivity index (χ0) is 12.9. The molecule has 0 fully saturated rings. The largest absolute Gasteiger partial charge is 0.207 e. The van der Waals surface area contributed by atoms with Crippen molar-refractivity contribution >= 4 is 34.8 Å². The smallest absolute Gasteiger partial charge is 0.126 e. The first-order valence-electron chi connectivity index (χ1n) is 5.63. The fraction of sp³-hybridized carbons (Fsp3) is 0.538. The molecule has 96 valence electrons. The van der Waals surface area contributed by atoms with Crippen LogP contribution in [0.25, 0.3) is 0 Å². The van der Waals surface area contributed by atoms with E-state index in [1.165, 1.54) is 6.07 Å². The van der Waals surface area contributed by atoms with E-state index in [-0.39, 0.29) is 11.2 Å². The van der Waals surface area contributed by atoms with Crippen molar-refractivity contribution in [3.63, 3.8) is 0 Å². The fourth-order valence-corrected chi connectivity index (χ4v) is 2.90. The Kier molecular flexibility index (Phi) is 6.05. The molecule has 0 aromatic heterocycles. The van der Waals surface area contributed by atoms with Gasteiger partial charge in [-0.05, 0) is 36.6 Å². The van der Waals surface area contributed by atoms with E-state index in [1.807, 2.05) is 0 Å². The molecule has 0 saturated carbocycles. The second-order valence-corrected chi connectivity index (χ2v) is 5.40. The number of halogens is 4. The summed E-state index contributed by atoms with van der Waals surface area (Å²) in [7, 11) is 0. The Hall–Kier alpha value is 0.0200. The Bertz CT molecular complexity index is 362. The highest BCUT2D eigenvalue weighted by molar-refractivity contribution is 6.30. The van der Waals surface area contributed by atoms with Crippen molar-refractivity contribution in [3.05, 3.63) is 34.6 Å². The Labute approximate surface area is 117 Å². The lowest BCUT2D eigenvalue weighted by Crippen LogP contribution is -2.28. The zero-order valence-corrected chi connectivity index (χ0v) is 12.0. The molecule has 0 bridgehead atoms. The highest BCUT2D eigenvalue weighted by Crippen LogP contribution is 2.33. The summed E-state index contributed by atoms with van der Waals surface area (Å²) in [5.41, 5.74) is 0.343. The number of benzene rings is 1. The van der Waals surface area contributed by atoms with Crippen molar-refractivity contribution in [2.75, 3.05) is 11.8 Å². The zero-order valence-electron chi connectivity index (χ0n) is 9.78. The maximum Gasteiger partial charge on any atom is 0.126 e. The summed E-state index contributed by atoms with van der Waals surface area (Å²) < 4.78 is 13.7. The topological polar surface area (TPSA) is 0 Å². The molecule has 0 radical (unpaired) electrons. The van der Waals surface area contributed by atoms with Crippen LogP contribution in [-0.2, 0) is 6.42 Å². The van der Waals surface area contributed by atoms with Gasteiger partial charge in [-0.3, -0.25) is 0 Å². The molecule has 17 heavy (non-hydrogen) atoms. The molecule has 1 aromatic rings. The second kappa shape index (κ2) is 6.82. The van der Waals surface area contributed by atoms with Crippen molar-refractivity contribution in [2.45, 2.75) is 26.2 Å². The molecule has 0 N–H and O–H groups in total. The van der Waals surface area contributed by atoms with E-state index in [0.717, 1.165) is 12.8 Å². The van der Waals surface area contributed by atoms with Crippen LogP contribution in [0.15, 0.2) is 18.2 Å². The van der Waals surface area contributed by atoms with Crippen LogP contribution in [0.5, 0.6) is 0 Å². The van der Waals surface area contributed by atoms with Crippen LogP contribution in [0.2, 0.25) is 5.02 Å². The summed E-state index contributed by atoms with van der Waals surface area (Å²) in [6.45, 7) is 2.07. The summed E-state index contributed by atoms with van der Waals surface area (Å²) in [5.74, 6) is 0.608. The fourth-order valence-electron chi connectivity index (χ4n) is 1.97. The van der Waals surface area contributed by atoms with Crippen molar-refractivity contribution < 1.29 is 4.39 Å². The van der Waals surface area contributed by atoms with Gasteiger partial charge in [-0.1, -0.05) is 24.9 Å². The maximum absolute atomic E-state index is 13.7. The van der Waals surface area contributed by atoms with Gasteiger partial charge in [0.15, 0.2) is 0 Å². The van der Waals surface area contributed by atoms with E-state index < -0.39 is 0 Å². The lowest BCUT2D eigenvalue weighted by Gasteiger charge is -2.29. The van der Waals surface area contributed by atoms with Gasteiger partial charge in [0.2, 0.25) is 0 Å². The van der Waals surface area contributed by atoms with Gasteiger partial charge in [-0.25, -0.2) is 4.39 Å². The third-order valence-corrected chi connectivity index (χ3v) is 4.29. The van der Waals surface area contributed by atoms with Gasteiger partial charge in [0.1, 0.15) is 5.82 Å². The molecule has 0 amide bonds. The molecular formula is C13H16Cl3F. The van der Waals surface area contributed by atoms with Gasteiger partial charge in [-0.15, -0.1) is 23.2 Å². The van der Waals surface area contributed by atoms with Crippen LogP contribution in [-0.4, -0.2) is 11.8 Å². The van der Waals surface area contributed by atoms with E-state index in [0.29, 0.717) is 28.8 Å². The van der Waals surface area contributed by atoms with Gasteiger partial charge >= 0.3 is 0 Å². The van der Waals surface area contributed by atoms with Crippen molar-refractivity contribution in [2.24, 2.45) is 5.41 Å². The van der Waals surface area contributed by atoms with Crippen molar-refractivity contribution in [1.29, 1.82) is 0 Å². The van der Waals surface area contributed by atoms with Crippen LogP contribution < -0.4 is 0 Å². The average Bonchev–Trinajstić information content (AvgIpc) is 2.33. The third-order valence-electron chi connectivity index (χ3n) is 2.92. The Morgan fingerprint density at radius 1 is 1.24 bits per heavy atom. The monoisotopic (exact) mass is 296 g/mol. The van der Waals surface area contributed by atoms with Gasteiger partial charge in [-0.2, -0.15) is 0 Å². The minimum absolute atomic E-state index is 0.245. The van der Waals surface area contributed by atoms with Gasteiger partial charge in [0.25, 0.3) is 0 Å². The molecule has 1 rings (SSSR count). The van der Waals surface area contributed by atoms with Crippen LogP contribution in [0.1, 0.15) is 25.3 Å². The van der Waals surface area contributed by atoms with E-state index >= 15 is 0 Å². The molecular weight excluding hydrogens is 281 g/mol. The van der Waals surface area contributed by atoms with E-state index in [2.05, 4.69) is 6.92 Å². The number of rotatable bonds is 6. The Morgan fingerprint density at radius 2 is 1.88 bits per heavy atom. The lowest BCUT2D eigenvalue weighted by atomic mass is 9.81. The SMILES string of the molecule is CCCC(CCl)(CCl)Cc1cc(Cl)ccc1F. The summed E-state index contributed by atoms with van der Waals surface area (Å²) >= 11 is 17.9. The molecule has 0 aliphatic rings. The minimum atomic E-state index is -0.247. The van der Waals surface area contributed by atoms with Crippen LogP contribution in [0.4, 0.5) is 4.39 Å². The van der Waals surface area contributed by atoms with E-state index in [4.69, 9.17) is 34.8 Å². The summed E-state index contributed by atoms with van der Waals surface area (Å²) in [5, 5.41) is 0.538. The first kappa shape index (κ1) is 15.1. The first-order valence-corrected chi connectivity index (χ1v) is 7.07. The van der Waals surface area contributed by atoms with E-state index in [1.54, 1.807) is 12.1 Å². The first-order chi connectivity index (χ1) is 8.06. The molecule has 0 aliphatic carbocycles. The van der Waals surface area contributed by atoms with Crippen LogP contribution >= 0.6 is 34.8 Å². The molecule has 0 nitrogen and oxygen atoms in total. The number of hydrogen-bond acceptors (Lipinski definition) is 0.